The Hall–Kier alpha value is -1.60. The second-order valence-electron chi connectivity index (χ2n) is 4.44. The lowest BCUT2D eigenvalue weighted by Crippen LogP contribution is -2.34. The van der Waals surface area contributed by atoms with Gasteiger partial charge < -0.3 is 4.90 Å². The molecule has 2 rings (SSSR count). The van der Waals surface area contributed by atoms with E-state index in [0.29, 0.717) is 12.6 Å². The van der Waals surface area contributed by atoms with Gasteiger partial charge in [-0.05, 0) is 31.7 Å². The topological polar surface area (TPSA) is 30.3 Å². The Labute approximate surface area is 101 Å². The normalized spacial score (nSPS) is 19.6. The van der Waals surface area contributed by atoms with Gasteiger partial charge >= 0.3 is 0 Å². The minimum Gasteiger partial charge on any atom is -0.370 e. The molecule has 1 fully saturated rings. The third kappa shape index (κ3) is 2.75. The first kappa shape index (κ1) is 11.9. The van der Waals surface area contributed by atoms with Crippen LogP contribution in [0, 0.1) is 17.1 Å². The van der Waals surface area contributed by atoms with Gasteiger partial charge in [-0.2, -0.15) is 5.26 Å². The molecule has 1 atom stereocenters. The van der Waals surface area contributed by atoms with E-state index in [9.17, 15) is 4.39 Å². The Kier molecular flexibility index (Phi) is 3.60. The van der Waals surface area contributed by atoms with Crippen LogP contribution in [-0.4, -0.2) is 37.6 Å². The molecule has 90 valence electrons. The predicted molar refractivity (Wildman–Crippen MR) is 65.3 cm³/mol. The molecule has 0 aliphatic carbocycles. The highest BCUT2D eigenvalue weighted by Crippen LogP contribution is 2.22. The molecule has 0 radical (unpaired) electrons. The number of hydrogen-bond acceptors (Lipinski definition) is 3. The lowest BCUT2D eigenvalue weighted by molar-refractivity contribution is 0.289. The number of anilines is 1. The van der Waals surface area contributed by atoms with Gasteiger partial charge in [0.25, 0.3) is 0 Å². The number of nitriles is 1. The van der Waals surface area contributed by atoms with E-state index in [2.05, 4.69) is 15.9 Å². The number of halogens is 1. The van der Waals surface area contributed by atoms with Crippen molar-refractivity contribution in [2.24, 2.45) is 0 Å². The summed E-state index contributed by atoms with van der Waals surface area (Å²) in [4.78, 5) is 4.22. The Morgan fingerprint density at radius 3 is 3.12 bits per heavy atom. The molecule has 0 aromatic heterocycles. The molecule has 1 saturated heterocycles. The maximum absolute atomic E-state index is 13.1. The van der Waals surface area contributed by atoms with Crippen molar-refractivity contribution in [2.45, 2.75) is 12.5 Å². The van der Waals surface area contributed by atoms with Gasteiger partial charge in [-0.15, -0.1) is 0 Å². The van der Waals surface area contributed by atoms with Gasteiger partial charge in [0.1, 0.15) is 5.82 Å². The summed E-state index contributed by atoms with van der Waals surface area (Å²) < 4.78 is 13.1. The molecule has 0 N–H and O–H groups in total. The minimum absolute atomic E-state index is 0.198. The number of likely N-dealkylation sites (N-methyl/N-ethyl adjacent to an activating group) is 1. The van der Waals surface area contributed by atoms with Crippen LogP contribution in [0.3, 0.4) is 0 Å². The zero-order valence-electron chi connectivity index (χ0n) is 9.93. The van der Waals surface area contributed by atoms with Crippen LogP contribution in [0.4, 0.5) is 10.1 Å². The first-order chi connectivity index (χ1) is 8.20. The maximum atomic E-state index is 13.1. The molecule has 0 amide bonds. The van der Waals surface area contributed by atoms with Crippen LogP contribution in [0.15, 0.2) is 24.3 Å². The van der Waals surface area contributed by atoms with E-state index in [1.165, 1.54) is 6.07 Å². The van der Waals surface area contributed by atoms with Crippen molar-refractivity contribution in [3.8, 4) is 6.07 Å². The van der Waals surface area contributed by atoms with Gasteiger partial charge in [-0.1, -0.05) is 6.07 Å². The van der Waals surface area contributed by atoms with Gasteiger partial charge in [0.15, 0.2) is 0 Å². The summed E-state index contributed by atoms with van der Waals surface area (Å²) in [5.41, 5.74) is 0.929. The lowest BCUT2D eigenvalue weighted by Gasteiger charge is -2.23. The Morgan fingerprint density at radius 1 is 1.59 bits per heavy atom. The average Bonchev–Trinajstić information content (AvgIpc) is 2.78. The molecule has 1 aliphatic heterocycles. The van der Waals surface area contributed by atoms with Crippen LogP contribution in [0.2, 0.25) is 0 Å². The fraction of sp³-hybridized carbons (Fsp3) is 0.462. The summed E-state index contributed by atoms with van der Waals surface area (Å²) in [7, 11) is 1.96. The quantitative estimate of drug-likeness (QED) is 0.746. The first-order valence-corrected chi connectivity index (χ1v) is 5.78. The molecule has 1 unspecified atom stereocenters. The molecule has 0 saturated carbocycles. The van der Waals surface area contributed by atoms with E-state index in [1.807, 2.05) is 13.1 Å². The number of nitrogens with zero attached hydrogens (tertiary/aromatic N) is 3. The van der Waals surface area contributed by atoms with E-state index in [4.69, 9.17) is 5.26 Å². The van der Waals surface area contributed by atoms with Crippen LogP contribution in [-0.2, 0) is 0 Å². The van der Waals surface area contributed by atoms with Gasteiger partial charge in [0.05, 0.1) is 12.6 Å². The molecule has 1 heterocycles. The summed E-state index contributed by atoms with van der Waals surface area (Å²) >= 11 is 0. The SMILES string of the molecule is CN(CC#N)C1CCN(c2cccc(F)c2)C1. The van der Waals surface area contributed by atoms with E-state index < -0.39 is 0 Å². The van der Waals surface area contributed by atoms with Crippen LogP contribution in [0.5, 0.6) is 0 Å². The van der Waals surface area contributed by atoms with Crippen molar-refractivity contribution < 1.29 is 4.39 Å². The number of benzene rings is 1. The summed E-state index contributed by atoms with van der Waals surface area (Å²) in [6.45, 7) is 2.23. The van der Waals surface area contributed by atoms with Crippen LogP contribution < -0.4 is 4.90 Å². The van der Waals surface area contributed by atoms with Gasteiger partial charge in [-0.3, -0.25) is 4.90 Å². The van der Waals surface area contributed by atoms with Crippen molar-refractivity contribution in [3.05, 3.63) is 30.1 Å². The van der Waals surface area contributed by atoms with Gasteiger partial charge in [-0.25, -0.2) is 4.39 Å². The molecule has 0 bridgehead atoms. The van der Waals surface area contributed by atoms with Crippen LogP contribution in [0.25, 0.3) is 0 Å². The van der Waals surface area contributed by atoms with E-state index in [0.717, 1.165) is 25.2 Å². The molecule has 0 spiro atoms. The predicted octanol–water partition coefficient (Wildman–Crippen LogP) is 1.86. The zero-order valence-corrected chi connectivity index (χ0v) is 9.93. The zero-order chi connectivity index (χ0) is 12.3. The highest BCUT2D eigenvalue weighted by molar-refractivity contribution is 5.47. The largest absolute Gasteiger partial charge is 0.370 e. The van der Waals surface area contributed by atoms with Crippen LogP contribution in [0.1, 0.15) is 6.42 Å². The lowest BCUT2D eigenvalue weighted by atomic mass is 10.2. The monoisotopic (exact) mass is 233 g/mol. The second kappa shape index (κ2) is 5.15. The van der Waals surface area contributed by atoms with E-state index in [-0.39, 0.29) is 5.82 Å². The molecule has 4 heteroatoms. The van der Waals surface area contributed by atoms with E-state index in [1.54, 1.807) is 12.1 Å². The number of hydrogen-bond donors (Lipinski definition) is 0. The van der Waals surface area contributed by atoms with Crippen molar-refractivity contribution in [1.29, 1.82) is 5.26 Å². The van der Waals surface area contributed by atoms with Crippen molar-refractivity contribution in [1.82, 2.24) is 4.90 Å². The molecular formula is C13H16FN3. The Morgan fingerprint density at radius 2 is 2.41 bits per heavy atom. The highest BCUT2D eigenvalue weighted by Gasteiger charge is 2.25. The average molecular weight is 233 g/mol. The second-order valence-corrected chi connectivity index (χ2v) is 4.44. The molecule has 1 aromatic rings. The fourth-order valence-electron chi connectivity index (χ4n) is 2.25. The van der Waals surface area contributed by atoms with Crippen LogP contribution >= 0.6 is 0 Å². The Bertz CT molecular complexity index is 427. The first-order valence-electron chi connectivity index (χ1n) is 5.78. The fourth-order valence-corrected chi connectivity index (χ4v) is 2.25. The van der Waals surface area contributed by atoms with Gasteiger partial charge in [0.2, 0.25) is 0 Å². The molecule has 17 heavy (non-hydrogen) atoms. The third-order valence-electron chi connectivity index (χ3n) is 3.28. The van der Waals surface area contributed by atoms with Crippen molar-refractivity contribution in [2.75, 3.05) is 31.6 Å². The number of rotatable bonds is 3. The molecular weight excluding hydrogens is 217 g/mol. The standard InChI is InChI=1S/C13H16FN3/c1-16(8-6-15)13-5-7-17(10-13)12-4-2-3-11(14)9-12/h2-4,9,13H,5,7-8,10H2,1H3. The molecule has 1 aromatic carbocycles. The highest BCUT2D eigenvalue weighted by atomic mass is 19.1. The molecule has 1 aliphatic rings. The summed E-state index contributed by atoms with van der Waals surface area (Å²) in [5.74, 6) is -0.198. The molecule has 3 nitrogen and oxygen atoms in total. The summed E-state index contributed by atoms with van der Waals surface area (Å²) in [6.07, 6.45) is 1.02. The van der Waals surface area contributed by atoms with Gasteiger partial charge in [0, 0.05) is 24.8 Å². The maximum Gasteiger partial charge on any atom is 0.125 e. The minimum atomic E-state index is -0.198. The Balaban J connectivity index is 2.01. The summed E-state index contributed by atoms with van der Waals surface area (Å²) in [5, 5.41) is 8.66. The van der Waals surface area contributed by atoms with Crippen molar-refractivity contribution >= 4 is 5.69 Å². The third-order valence-corrected chi connectivity index (χ3v) is 3.28. The van der Waals surface area contributed by atoms with Crippen molar-refractivity contribution in [3.63, 3.8) is 0 Å². The smallest absolute Gasteiger partial charge is 0.125 e. The van der Waals surface area contributed by atoms with E-state index >= 15 is 0 Å². The summed E-state index contributed by atoms with van der Waals surface area (Å²) in [6, 6.07) is 9.22.